The molecule has 26 heteroatoms. The highest BCUT2D eigenvalue weighted by Gasteiger charge is 2.36. The molecule has 9 unspecified atom stereocenters. The number of aromatic hydroxyl groups is 1. The van der Waals surface area contributed by atoms with E-state index < -0.39 is 139 Å². The van der Waals surface area contributed by atoms with E-state index in [-0.39, 0.29) is 37.9 Å². The van der Waals surface area contributed by atoms with Crippen LogP contribution in [0.4, 0.5) is 0 Å². The molecule has 0 aliphatic rings. The van der Waals surface area contributed by atoms with Gasteiger partial charge >= 0.3 is 5.97 Å². The Morgan fingerprint density at radius 2 is 0.927 bits per heavy atom. The van der Waals surface area contributed by atoms with Crippen LogP contribution in [0.1, 0.15) is 82.4 Å². The molecule has 3 aromatic carbocycles. The van der Waals surface area contributed by atoms with E-state index in [4.69, 9.17) is 22.9 Å². The molecular formula is C56H75N13O13. The Bertz CT molecular complexity index is 3050. The molecule has 0 spiro atoms. The molecule has 0 radical (unpaired) electrons. The highest BCUT2D eigenvalue weighted by atomic mass is 16.4. The van der Waals surface area contributed by atoms with Gasteiger partial charge in [0, 0.05) is 66.3 Å². The predicted molar refractivity (Wildman–Crippen MR) is 301 cm³/mol. The minimum absolute atomic E-state index is 0.130. The number of primary amides is 2. The number of rotatable bonds is 33. The maximum Gasteiger partial charge on any atom is 0.326 e. The van der Waals surface area contributed by atoms with Crippen molar-refractivity contribution in [2.75, 3.05) is 6.54 Å². The lowest BCUT2D eigenvalue weighted by molar-refractivity contribution is -0.143. The lowest BCUT2D eigenvalue weighted by Gasteiger charge is -2.28. The van der Waals surface area contributed by atoms with Crippen LogP contribution in [0.2, 0.25) is 0 Å². The predicted octanol–water partition coefficient (Wildman–Crippen LogP) is -1.12. The molecule has 0 aliphatic heterocycles. The van der Waals surface area contributed by atoms with Gasteiger partial charge in [-0.15, -0.1) is 0 Å². The van der Waals surface area contributed by atoms with E-state index in [1.807, 2.05) is 0 Å². The Kier molecular flexibility index (Phi) is 23.9. The second-order valence-electron chi connectivity index (χ2n) is 20.5. The molecular weight excluding hydrogens is 1060 g/mol. The number of nitrogens with one attached hydrogen (secondary N) is 9. The number of aliphatic hydroxyl groups excluding tert-OH is 1. The van der Waals surface area contributed by atoms with Gasteiger partial charge in [-0.2, -0.15) is 0 Å². The van der Waals surface area contributed by atoms with Gasteiger partial charge in [-0.05, 0) is 86.0 Å². The fourth-order valence-corrected chi connectivity index (χ4v) is 9.07. The number of carbonyl (C=O) groups excluding carboxylic acids is 9. The molecule has 0 saturated carbocycles. The number of amides is 9. The van der Waals surface area contributed by atoms with E-state index in [9.17, 15) is 63.3 Å². The maximum atomic E-state index is 14.9. The molecule has 0 fully saturated rings. The largest absolute Gasteiger partial charge is 0.508 e. The Hall–Kier alpha value is -8.88. The first-order valence-corrected chi connectivity index (χ1v) is 26.9. The number of aromatic amines is 2. The summed E-state index contributed by atoms with van der Waals surface area (Å²) in [5, 5.41) is 50.0. The molecule has 2 heterocycles. The van der Waals surface area contributed by atoms with Crippen molar-refractivity contribution in [1.29, 1.82) is 0 Å². The normalized spacial score (nSPS) is 14.6. The zero-order valence-corrected chi connectivity index (χ0v) is 45.9. The van der Waals surface area contributed by atoms with Gasteiger partial charge in [0.15, 0.2) is 0 Å². The Labute approximate surface area is 472 Å². The average molecular weight is 1140 g/mol. The van der Waals surface area contributed by atoms with Crippen molar-refractivity contribution in [3.63, 3.8) is 0 Å². The third-order valence-corrected chi connectivity index (χ3v) is 13.7. The third kappa shape index (κ3) is 18.9. The average Bonchev–Trinajstić information content (AvgIpc) is 4.17. The smallest absolute Gasteiger partial charge is 0.326 e. The van der Waals surface area contributed by atoms with Crippen molar-refractivity contribution in [2.45, 2.75) is 139 Å². The Morgan fingerprint density at radius 1 is 0.512 bits per heavy atom. The summed E-state index contributed by atoms with van der Waals surface area (Å²) in [4.78, 5) is 142. The first-order chi connectivity index (χ1) is 38.9. The number of hydrogen-bond acceptors (Lipinski definition) is 14. The summed E-state index contributed by atoms with van der Waals surface area (Å²) in [5.41, 5.74) is 25.4. The lowest BCUT2D eigenvalue weighted by atomic mass is 10.00. The van der Waals surface area contributed by atoms with Gasteiger partial charge in [0.25, 0.3) is 0 Å². The minimum Gasteiger partial charge on any atom is -0.508 e. The first kappa shape index (κ1) is 63.9. The summed E-state index contributed by atoms with van der Waals surface area (Å²) in [6.07, 6.45) is 0.582. The number of H-pyrrole nitrogens is 2. The number of para-hydroxylation sites is 2. The molecule has 5 aromatic rings. The van der Waals surface area contributed by atoms with E-state index in [1.54, 1.807) is 74.8 Å². The Morgan fingerprint density at radius 3 is 1.37 bits per heavy atom. The summed E-state index contributed by atoms with van der Waals surface area (Å²) in [7, 11) is 0. The SMILES string of the molecule is CC(C)C(NC(=O)C(CCC(N)=O)NC(=O)C(Cc1c[nH]c2ccccc12)NC(=O)C(Cc1ccc(O)cc1)NC(=O)C(CCC(N)=O)NC(=O)C(Cc1c[nH]c2ccccc12)NC(=O)C(NC(=O)C(N)CCCCN)C(C)O)C(=O)O. The zero-order chi connectivity index (χ0) is 60.2. The molecule has 9 amide bonds. The van der Waals surface area contributed by atoms with E-state index in [0.717, 1.165) is 0 Å². The number of carboxylic acid groups (broad SMARTS) is 1. The van der Waals surface area contributed by atoms with Crippen LogP contribution in [0, 0.1) is 5.92 Å². The van der Waals surface area contributed by atoms with E-state index >= 15 is 0 Å². The van der Waals surface area contributed by atoms with Crippen LogP contribution in [-0.2, 0) is 67.2 Å². The zero-order valence-electron chi connectivity index (χ0n) is 45.9. The molecule has 82 heavy (non-hydrogen) atoms. The monoisotopic (exact) mass is 1140 g/mol. The topological polar surface area (TPSA) is 451 Å². The molecule has 5 rings (SSSR count). The van der Waals surface area contributed by atoms with Gasteiger partial charge < -0.3 is 85.4 Å². The molecule has 0 bridgehead atoms. The van der Waals surface area contributed by atoms with Crippen LogP contribution >= 0.6 is 0 Å². The van der Waals surface area contributed by atoms with Crippen molar-refractivity contribution in [2.24, 2.45) is 28.9 Å². The van der Waals surface area contributed by atoms with Crippen molar-refractivity contribution in [3.05, 3.63) is 102 Å². The van der Waals surface area contributed by atoms with E-state index in [1.165, 1.54) is 31.2 Å². The van der Waals surface area contributed by atoms with Gasteiger partial charge in [0.05, 0.1) is 12.1 Å². The molecule has 2 aromatic heterocycles. The molecule has 442 valence electrons. The number of aliphatic carboxylic acids is 1. The standard InChI is InChI=1S/C56H75N13O13/c1-29(2)47(56(81)82)68-51(76)41(20-22-46(60)73)64-53(78)43(25-32-27-61-38-13-6-4-10-35(32)38)66-52(77)42(24-31-15-17-34(71)18-16-31)65-50(75)40(19-21-45(59)72)63-54(79)44(26-33-28-62-39-14-7-5-11-36(33)39)67-55(80)48(30(3)70)69-49(74)37(58)12-8-9-23-57/h4-7,10-11,13-18,27-30,37,40-44,47-48,61-62,70-71H,8-9,12,19-26,57-58H2,1-3H3,(H2,59,72)(H2,60,73)(H,63,79)(H,64,78)(H,65,75)(H,66,77)(H,67,80)(H,68,76)(H,69,74)(H,81,82). The number of benzene rings is 3. The van der Waals surface area contributed by atoms with Crippen molar-refractivity contribution < 1.29 is 63.3 Å². The number of unbranched alkanes of at least 4 members (excludes halogenated alkanes) is 1. The number of nitrogens with two attached hydrogens (primary N) is 4. The van der Waals surface area contributed by atoms with Gasteiger partial charge in [-0.25, -0.2) is 4.79 Å². The van der Waals surface area contributed by atoms with Crippen LogP contribution in [0.5, 0.6) is 5.75 Å². The van der Waals surface area contributed by atoms with Crippen LogP contribution < -0.4 is 60.2 Å². The molecule has 0 saturated heterocycles. The molecule has 20 N–H and O–H groups in total. The van der Waals surface area contributed by atoms with Crippen molar-refractivity contribution in [3.8, 4) is 5.75 Å². The number of carbonyl (C=O) groups is 10. The number of aliphatic hydroxyl groups is 1. The summed E-state index contributed by atoms with van der Waals surface area (Å²) in [5.74, 6) is -10.5. The molecule has 0 aliphatic carbocycles. The van der Waals surface area contributed by atoms with Crippen molar-refractivity contribution >= 4 is 80.9 Å². The van der Waals surface area contributed by atoms with Gasteiger partial charge in [0.2, 0.25) is 53.2 Å². The molecule has 26 nitrogen and oxygen atoms in total. The number of carboxylic acids is 1. The number of phenols is 1. The second kappa shape index (κ2) is 30.6. The van der Waals surface area contributed by atoms with E-state index in [2.05, 4.69) is 47.2 Å². The maximum absolute atomic E-state index is 14.9. The first-order valence-electron chi connectivity index (χ1n) is 26.9. The fourth-order valence-electron chi connectivity index (χ4n) is 9.07. The van der Waals surface area contributed by atoms with Gasteiger partial charge in [-0.1, -0.05) is 68.8 Å². The van der Waals surface area contributed by atoms with Gasteiger partial charge in [0.1, 0.15) is 48.0 Å². The summed E-state index contributed by atoms with van der Waals surface area (Å²) in [6.45, 7) is 4.72. The summed E-state index contributed by atoms with van der Waals surface area (Å²) >= 11 is 0. The fraction of sp³-hybridized carbons (Fsp3) is 0.429. The number of hydrogen-bond donors (Lipinski definition) is 16. The summed E-state index contributed by atoms with van der Waals surface area (Å²) in [6, 6.07) is 7.73. The van der Waals surface area contributed by atoms with Crippen molar-refractivity contribution in [1.82, 2.24) is 47.2 Å². The van der Waals surface area contributed by atoms with Crippen LogP contribution in [0.3, 0.4) is 0 Å². The van der Waals surface area contributed by atoms with Crippen LogP contribution in [0.15, 0.2) is 85.2 Å². The summed E-state index contributed by atoms with van der Waals surface area (Å²) < 4.78 is 0. The number of fused-ring (bicyclic) bond motifs is 2. The third-order valence-electron chi connectivity index (χ3n) is 13.7. The number of aromatic nitrogens is 2. The minimum atomic E-state index is -1.66. The second-order valence-corrected chi connectivity index (χ2v) is 20.5. The highest BCUT2D eigenvalue weighted by Crippen LogP contribution is 2.22. The van der Waals surface area contributed by atoms with Crippen LogP contribution in [0.25, 0.3) is 21.8 Å². The lowest BCUT2D eigenvalue weighted by Crippen LogP contribution is -2.61. The van der Waals surface area contributed by atoms with Gasteiger partial charge in [-0.3, -0.25) is 43.2 Å². The highest BCUT2D eigenvalue weighted by molar-refractivity contribution is 5.99. The van der Waals surface area contributed by atoms with Crippen LogP contribution in [-0.4, -0.2) is 145 Å². The molecule has 9 atom stereocenters. The quantitative estimate of drug-likeness (QED) is 0.0222. The van der Waals surface area contributed by atoms with E-state index in [0.29, 0.717) is 57.9 Å². The number of phenolic OH excluding ortho intramolecular Hbond substituents is 1. The Balaban J connectivity index is 1.49.